The van der Waals surface area contributed by atoms with Gasteiger partial charge in [-0.05, 0) is 19.8 Å². The number of ether oxygens (including phenoxy) is 1. The molecule has 0 bridgehead atoms. The van der Waals surface area contributed by atoms with Crippen LogP contribution in [0, 0.1) is 0 Å². The van der Waals surface area contributed by atoms with Gasteiger partial charge in [-0.15, -0.1) is 0 Å². The zero-order valence-electron chi connectivity index (χ0n) is 11.5. The Hall–Kier alpha value is -0.380. The standard InChI is InChI=1S/C12H25O5P/c1-4-6-8-12(3,18(14,15)16)10-11(13)17-9-7-5-2/h4-10H2,1-3H3,(H2,14,15,16). The van der Waals surface area contributed by atoms with E-state index in [0.29, 0.717) is 19.4 Å². The Kier molecular flexibility index (Phi) is 7.76. The lowest BCUT2D eigenvalue weighted by molar-refractivity contribution is -0.144. The van der Waals surface area contributed by atoms with Crippen molar-refractivity contribution in [2.45, 2.75) is 64.5 Å². The molecule has 0 rings (SSSR count). The first-order valence-corrected chi connectivity index (χ1v) is 8.09. The summed E-state index contributed by atoms with van der Waals surface area (Å²) in [5, 5.41) is -1.30. The predicted molar refractivity (Wildman–Crippen MR) is 70.5 cm³/mol. The molecule has 0 aliphatic carbocycles. The van der Waals surface area contributed by atoms with Gasteiger partial charge in [0.25, 0.3) is 0 Å². The van der Waals surface area contributed by atoms with Crippen LogP contribution in [0.4, 0.5) is 0 Å². The number of carbonyl (C=O) groups is 1. The van der Waals surface area contributed by atoms with Gasteiger partial charge in [0.05, 0.1) is 18.2 Å². The molecule has 0 fully saturated rings. The van der Waals surface area contributed by atoms with Gasteiger partial charge in [0.15, 0.2) is 0 Å². The number of hydrogen-bond donors (Lipinski definition) is 2. The molecule has 0 radical (unpaired) electrons. The molecular formula is C12H25O5P. The van der Waals surface area contributed by atoms with Crippen molar-refractivity contribution in [2.24, 2.45) is 0 Å². The molecule has 18 heavy (non-hydrogen) atoms. The summed E-state index contributed by atoms with van der Waals surface area (Å²) in [4.78, 5) is 30.4. The highest BCUT2D eigenvalue weighted by atomic mass is 31.2. The molecule has 0 aliphatic rings. The molecule has 0 aromatic heterocycles. The van der Waals surface area contributed by atoms with E-state index in [0.717, 1.165) is 19.3 Å². The predicted octanol–water partition coefficient (Wildman–Crippen LogP) is 2.85. The van der Waals surface area contributed by atoms with Crippen LogP contribution < -0.4 is 0 Å². The lowest BCUT2D eigenvalue weighted by Crippen LogP contribution is -2.29. The Labute approximate surface area is 109 Å². The minimum atomic E-state index is -4.31. The molecule has 0 heterocycles. The van der Waals surface area contributed by atoms with Crippen molar-refractivity contribution in [1.82, 2.24) is 0 Å². The van der Waals surface area contributed by atoms with Gasteiger partial charge in [0, 0.05) is 0 Å². The van der Waals surface area contributed by atoms with Gasteiger partial charge in [-0.2, -0.15) is 0 Å². The lowest BCUT2D eigenvalue weighted by Gasteiger charge is -2.29. The van der Waals surface area contributed by atoms with Crippen LogP contribution >= 0.6 is 7.60 Å². The van der Waals surface area contributed by atoms with Gasteiger partial charge in [0.2, 0.25) is 0 Å². The topological polar surface area (TPSA) is 83.8 Å². The minimum Gasteiger partial charge on any atom is -0.466 e. The monoisotopic (exact) mass is 280 g/mol. The second-order valence-corrected chi connectivity index (χ2v) is 7.06. The Morgan fingerprint density at radius 2 is 1.78 bits per heavy atom. The summed E-state index contributed by atoms with van der Waals surface area (Å²) in [5.74, 6) is -0.523. The van der Waals surface area contributed by atoms with E-state index < -0.39 is 18.7 Å². The molecule has 6 heteroatoms. The lowest BCUT2D eigenvalue weighted by atomic mass is 9.99. The van der Waals surface area contributed by atoms with Crippen molar-refractivity contribution in [1.29, 1.82) is 0 Å². The summed E-state index contributed by atoms with van der Waals surface area (Å²) in [6.45, 7) is 5.71. The van der Waals surface area contributed by atoms with Crippen LogP contribution in [0.3, 0.4) is 0 Å². The van der Waals surface area contributed by atoms with E-state index in [-0.39, 0.29) is 6.42 Å². The smallest absolute Gasteiger partial charge is 0.331 e. The molecular weight excluding hydrogens is 255 g/mol. The molecule has 0 aliphatic heterocycles. The minimum absolute atomic E-state index is 0.221. The number of esters is 1. The second-order valence-electron chi connectivity index (χ2n) is 4.90. The average Bonchev–Trinajstić information content (AvgIpc) is 2.25. The maximum Gasteiger partial charge on any atom is 0.331 e. The van der Waals surface area contributed by atoms with Crippen molar-refractivity contribution in [3.63, 3.8) is 0 Å². The molecule has 0 aromatic carbocycles. The van der Waals surface area contributed by atoms with Crippen molar-refractivity contribution >= 4 is 13.6 Å². The highest BCUT2D eigenvalue weighted by molar-refractivity contribution is 7.53. The largest absolute Gasteiger partial charge is 0.466 e. The second kappa shape index (κ2) is 7.93. The number of unbranched alkanes of at least 4 members (excludes halogenated alkanes) is 2. The molecule has 1 unspecified atom stereocenters. The van der Waals surface area contributed by atoms with Crippen molar-refractivity contribution in [3.8, 4) is 0 Å². The van der Waals surface area contributed by atoms with Gasteiger partial charge in [-0.25, -0.2) is 0 Å². The van der Waals surface area contributed by atoms with Crippen molar-refractivity contribution in [3.05, 3.63) is 0 Å². The summed E-state index contributed by atoms with van der Waals surface area (Å²) < 4.78 is 16.5. The Bertz CT molecular complexity index is 299. The molecule has 0 spiro atoms. The summed E-state index contributed by atoms with van der Waals surface area (Å²) in [6.07, 6.45) is 3.31. The van der Waals surface area contributed by atoms with E-state index in [4.69, 9.17) is 4.74 Å². The first-order valence-electron chi connectivity index (χ1n) is 6.48. The third kappa shape index (κ3) is 5.98. The molecule has 2 N–H and O–H groups in total. The fraction of sp³-hybridized carbons (Fsp3) is 0.917. The van der Waals surface area contributed by atoms with Crippen molar-refractivity contribution < 1.29 is 23.9 Å². The molecule has 0 saturated carbocycles. The van der Waals surface area contributed by atoms with Crippen LogP contribution in [0.15, 0.2) is 0 Å². The van der Waals surface area contributed by atoms with Crippen LogP contribution in [-0.2, 0) is 14.1 Å². The zero-order valence-corrected chi connectivity index (χ0v) is 12.4. The third-order valence-corrected chi connectivity index (χ3v) is 4.85. The number of hydrogen-bond acceptors (Lipinski definition) is 3. The van der Waals surface area contributed by atoms with Crippen LogP contribution in [-0.4, -0.2) is 27.5 Å². The van der Waals surface area contributed by atoms with Crippen LogP contribution in [0.5, 0.6) is 0 Å². The summed E-state index contributed by atoms with van der Waals surface area (Å²) in [6, 6.07) is 0. The fourth-order valence-electron chi connectivity index (χ4n) is 1.59. The number of rotatable bonds is 9. The maximum absolute atomic E-state index is 11.6. The summed E-state index contributed by atoms with van der Waals surface area (Å²) in [7, 11) is -4.31. The summed E-state index contributed by atoms with van der Waals surface area (Å²) in [5.41, 5.74) is 0. The van der Waals surface area contributed by atoms with Gasteiger partial charge >= 0.3 is 13.6 Å². The SMILES string of the molecule is CCCCOC(=O)CC(C)(CCCC)P(=O)(O)O. The fourth-order valence-corrected chi connectivity index (χ4v) is 2.37. The molecule has 1 atom stereocenters. The Morgan fingerprint density at radius 1 is 1.22 bits per heavy atom. The van der Waals surface area contributed by atoms with E-state index in [1.54, 1.807) is 0 Å². The number of carbonyl (C=O) groups excluding carboxylic acids is 1. The van der Waals surface area contributed by atoms with E-state index in [1.807, 2.05) is 13.8 Å². The van der Waals surface area contributed by atoms with Gasteiger partial charge in [-0.1, -0.05) is 33.1 Å². The maximum atomic E-state index is 11.6. The van der Waals surface area contributed by atoms with E-state index in [2.05, 4.69) is 0 Å². The van der Waals surface area contributed by atoms with Crippen molar-refractivity contribution in [2.75, 3.05) is 6.61 Å². The van der Waals surface area contributed by atoms with Gasteiger partial charge < -0.3 is 14.5 Å². The molecule has 0 saturated heterocycles. The molecule has 0 aromatic rings. The first kappa shape index (κ1) is 17.6. The van der Waals surface area contributed by atoms with Crippen LogP contribution in [0.25, 0.3) is 0 Å². The van der Waals surface area contributed by atoms with Gasteiger partial charge in [0.1, 0.15) is 0 Å². The molecule has 0 amide bonds. The first-order chi connectivity index (χ1) is 8.27. The third-order valence-electron chi connectivity index (χ3n) is 3.06. The average molecular weight is 280 g/mol. The Morgan fingerprint density at radius 3 is 2.22 bits per heavy atom. The van der Waals surface area contributed by atoms with E-state index in [9.17, 15) is 19.1 Å². The highest BCUT2D eigenvalue weighted by Gasteiger charge is 2.43. The molecule has 108 valence electrons. The highest BCUT2D eigenvalue weighted by Crippen LogP contribution is 2.55. The van der Waals surface area contributed by atoms with E-state index >= 15 is 0 Å². The van der Waals surface area contributed by atoms with E-state index in [1.165, 1.54) is 6.92 Å². The zero-order chi connectivity index (χ0) is 14.2. The summed E-state index contributed by atoms with van der Waals surface area (Å²) >= 11 is 0. The quantitative estimate of drug-likeness (QED) is 0.385. The Balaban J connectivity index is 4.50. The van der Waals surface area contributed by atoms with Crippen LogP contribution in [0.1, 0.15) is 59.3 Å². The normalized spacial score (nSPS) is 15.2. The van der Waals surface area contributed by atoms with Crippen LogP contribution in [0.2, 0.25) is 0 Å². The molecule has 5 nitrogen and oxygen atoms in total. The van der Waals surface area contributed by atoms with Gasteiger partial charge in [-0.3, -0.25) is 9.36 Å².